The van der Waals surface area contributed by atoms with E-state index >= 15 is 0 Å². The highest BCUT2D eigenvalue weighted by molar-refractivity contribution is 5.75. The Bertz CT molecular complexity index is 341. The van der Waals surface area contributed by atoms with Gasteiger partial charge in [-0.15, -0.1) is 0 Å². The fourth-order valence-electron chi connectivity index (χ4n) is 1.61. The fourth-order valence-corrected chi connectivity index (χ4v) is 1.61. The van der Waals surface area contributed by atoms with Crippen LogP contribution in [-0.4, -0.2) is 32.1 Å². The average Bonchev–Trinajstić information content (AvgIpc) is 2.44. The van der Waals surface area contributed by atoms with Gasteiger partial charge in [0.2, 0.25) is 5.91 Å². The summed E-state index contributed by atoms with van der Waals surface area (Å²) in [7, 11) is 0. The summed E-state index contributed by atoms with van der Waals surface area (Å²) in [5.74, 6) is 0.0476. The molecule has 0 saturated heterocycles. The van der Waals surface area contributed by atoms with E-state index in [9.17, 15) is 4.79 Å². The quantitative estimate of drug-likeness (QED) is 0.633. The molecule has 106 valence electrons. The van der Waals surface area contributed by atoms with Crippen LogP contribution in [0.15, 0.2) is 30.3 Å². The second kappa shape index (κ2) is 10.5. The summed E-state index contributed by atoms with van der Waals surface area (Å²) in [5, 5.41) is 6.09. The molecule has 0 aromatic heterocycles. The van der Waals surface area contributed by atoms with E-state index < -0.39 is 0 Å². The lowest BCUT2D eigenvalue weighted by Gasteiger charge is -2.07. The maximum atomic E-state index is 11.5. The Morgan fingerprint density at radius 3 is 2.68 bits per heavy atom. The number of rotatable bonds is 10. The molecule has 1 aromatic rings. The normalized spacial score (nSPS) is 10.4. The molecule has 1 amide bonds. The summed E-state index contributed by atoms with van der Waals surface area (Å²) in [6, 6.07) is 9.96. The average molecular weight is 264 g/mol. The lowest BCUT2D eigenvalue weighted by atomic mass is 10.2. The van der Waals surface area contributed by atoms with Gasteiger partial charge < -0.3 is 15.4 Å². The monoisotopic (exact) mass is 264 g/mol. The second-order valence-corrected chi connectivity index (χ2v) is 4.39. The maximum absolute atomic E-state index is 11.5. The van der Waals surface area contributed by atoms with Crippen LogP contribution in [-0.2, 0) is 16.1 Å². The summed E-state index contributed by atoms with van der Waals surface area (Å²) in [5.41, 5.74) is 1.13. The molecule has 0 aliphatic carbocycles. The number of hydrogen-bond donors (Lipinski definition) is 2. The standard InChI is InChI=1S/C15H24N2O2/c1-2-9-16-10-11-17-15(18)8-12-19-13-14-6-4-3-5-7-14/h3-7,16H,2,8-13H2,1H3,(H,17,18). The van der Waals surface area contributed by atoms with Gasteiger partial charge in [0, 0.05) is 19.5 Å². The van der Waals surface area contributed by atoms with Crippen LogP contribution in [0.5, 0.6) is 0 Å². The number of benzene rings is 1. The van der Waals surface area contributed by atoms with Crippen molar-refractivity contribution >= 4 is 5.91 Å². The highest BCUT2D eigenvalue weighted by Gasteiger charge is 2.00. The highest BCUT2D eigenvalue weighted by atomic mass is 16.5. The van der Waals surface area contributed by atoms with Crippen LogP contribution in [0.25, 0.3) is 0 Å². The van der Waals surface area contributed by atoms with Gasteiger partial charge >= 0.3 is 0 Å². The van der Waals surface area contributed by atoms with Crippen molar-refractivity contribution in [1.29, 1.82) is 0 Å². The number of ether oxygens (including phenoxy) is 1. The number of amides is 1. The van der Waals surface area contributed by atoms with Gasteiger partial charge in [0.1, 0.15) is 0 Å². The third-order valence-corrected chi connectivity index (χ3v) is 2.64. The molecule has 0 saturated carbocycles. The van der Waals surface area contributed by atoms with Crippen LogP contribution in [0.3, 0.4) is 0 Å². The van der Waals surface area contributed by atoms with E-state index in [4.69, 9.17) is 4.74 Å². The van der Waals surface area contributed by atoms with E-state index in [2.05, 4.69) is 17.6 Å². The van der Waals surface area contributed by atoms with Crippen molar-refractivity contribution in [1.82, 2.24) is 10.6 Å². The summed E-state index contributed by atoms with van der Waals surface area (Å²) < 4.78 is 5.46. The molecule has 0 bridgehead atoms. The molecule has 4 heteroatoms. The zero-order valence-electron chi connectivity index (χ0n) is 11.7. The van der Waals surface area contributed by atoms with Gasteiger partial charge in [-0.05, 0) is 18.5 Å². The van der Waals surface area contributed by atoms with Crippen molar-refractivity contribution in [3.63, 3.8) is 0 Å². The van der Waals surface area contributed by atoms with Gasteiger partial charge in [-0.1, -0.05) is 37.3 Å². The maximum Gasteiger partial charge on any atom is 0.222 e. The van der Waals surface area contributed by atoms with Gasteiger partial charge in [-0.3, -0.25) is 4.79 Å². The molecule has 19 heavy (non-hydrogen) atoms. The van der Waals surface area contributed by atoms with E-state index in [1.54, 1.807) is 0 Å². The van der Waals surface area contributed by atoms with Gasteiger partial charge in [0.15, 0.2) is 0 Å². The van der Waals surface area contributed by atoms with Crippen molar-refractivity contribution in [2.75, 3.05) is 26.2 Å². The zero-order chi connectivity index (χ0) is 13.8. The molecule has 1 rings (SSSR count). The molecule has 0 heterocycles. The van der Waals surface area contributed by atoms with Crippen LogP contribution in [0.1, 0.15) is 25.3 Å². The van der Waals surface area contributed by atoms with Crippen LogP contribution in [0.4, 0.5) is 0 Å². The Morgan fingerprint density at radius 1 is 1.16 bits per heavy atom. The number of carbonyl (C=O) groups excluding carboxylic acids is 1. The first-order valence-electron chi connectivity index (χ1n) is 6.92. The largest absolute Gasteiger partial charge is 0.376 e. The Kier molecular flexibility index (Phi) is 8.68. The Labute approximate surface area is 115 Å². The van der Waals surface area contributed by atoms with Gasteiger partial charge in [-0.2, -0.15) is 0 Å². The third-order valence-electron chi connectivity index (χ3n) is 2.64. The predicted molar refractivity (Wildman–Crippen MR) is 76.9 cm³/mol. The zero-order valence-corrected chi connectivity index (χ0v) is 11.7. The van der Waals surface area contributed by atoms with E-state index in [0.717, 1.165) is 25.1 Å². The molecule has 0 spiro atoms. The van der Waals surface area contributed by atoms with Crippen molar-refractivity contribution < 1.29 is 9.53 Å². The predicted octanol–water partition coefficient (Wildman–Crippen LogP) is 1.71. The molecule has 4 nitrogen and oxygen atoms in total. The summed E-state index contributed by atoms with van der Waals surface area (Å²) >= 11 is 0. The molecule has 0 aliphatic heterocycles. The van der Waals surface area contributed by atoms with E-state index in [1.165, 1.54) is 0 Å². The van der Waals surface area contributed by atoms with Crippen LogP contribution in [0.2, 0.25) is 0 Å². The summed E-state index contributed by atoms with van der Waals surface area (Å²) in [4.78, 5) is 11.5. The molecule has 1 aromatic carbocycles. The molecular weight excluding hydrogens is 240 g/mol. The van der Waals surface area contributed by atoms with Gasteiger partial charge in [0.05, 0.1) is 13.2 Å². The first-order valence-corrected chi connectivity index (χ1v) is 6.92. The SMILES string of the molecule is CCCNCCNC(=O)CCOCc1ccccc1. The Morgan fingerprint density at radius 2 is 1.95 bits per heavy atom. The van der Waals surface area contributed by atoms with Crippen LogP contribution in [0, 0.1) is 0 Å². The minimum atomic E-state index is 0.0476. The molecule has 0 fully saturated rings. The fraction of sp³-hybridized carbons (Fsp3) is 0.533. The Balaban J connectivity index is 1.95. The molecule has 0 unspecified atom stereocenters. The lowest BCUT2D eigenvalue weighted by Crippen LogP contribution is -2.32. The minimum Gasteiger partial charge on any atom is -0.376 e. The first-order chi connectivity index (χ1) is 9.33. The van der Waals surface area contributed by atoms with Crippen LogP contribution < -0.4 is 10.6 Å². The van der Waals surface area contributed by atoms with Crippen LogP contribution >= 0.6 is 0 Å². The van der Waals surface area contributed by atoms with Gasteiger partial charge in [-0.25, -0.2) is 0 Å². The number of nitrogens with one attached hydrogen (secondary N) is 2. The van der Waals surface area contributed by atoms with Crippen molar-refractivity contribution in [2.24, 2.45) is 0 Å². The van der Waals surface area contributed by atoms with Crippen molar-refractivity contribution in [2.45, 2.75) is 26.4 Å². The number of carbonyl (C=O) groups is 1. The smallest absolute Gasteiger partial charge is 0.222 e. The second-order valence-electron chi connectivity index (χ2n) is 4.39. The molecule has 0 aliphatic rings. The lowest BCUT2D eigenvalue weighted by molar-refractivity contribution is -0.122. The van der Waals surface area contributed by atoms with Gasteiger partial charge in [0.25, 0.3) is 0 Å². The topological polar surface area (TPSA) is 50.4 Å². The number of hydrogen-bond acceptors (Lipinski definition) is 3. The molecule has 0 radical (unpaired) electrons. The van der Waals surface area contributed by atoms with E-state index in [-0.39, 0.29) is 5.91 Å². The highest BCUT2D eigenvalue weighted by Crippen LogP contribution is 2.00. The minimum absolute atomic E-state index is 0.0476. The third kappa shape index (κ3) is 8.35. The first kappa shape index (κ1) is 15.7. The molecule has 2 N–H and O–H groups in total. The van der Waals surface area contributed by atoms with E-state index in [1.807, 2.05) is 30.3 Å². The van der Waals surface area contributed by atoms with Crippen molar-refractivity contribution in [3.05, 3.63) is 35.9 Å². The molecule has 0 atom stereocenters. The van der Waals surface area contributed by atoms with E-state index in [0.29, 0.717) is 26.2 Å². The summed E-state index contributed by atoms with van der Waals surface area (Å²) in [6.07, 6.45) is 1.53. The Hall–Kier alpha value is -1.39. The summed E-state index contributed by atoms with van der Waals surface area (Å²) in [6.45, 7) is 5.64. The molecular formula is C15H24N2O2. The van der Waals surface area contributed by atoms with Crippen molar-refractivity contribution in [3.8, 4) is 0 Å².